The number of rotatable bonds is 10. The Morgan fingerprint density at radius 2 is 2.04 bits per heavy atom. The summed E-state index contributed by atoms with van der Waals surface area (Å²) in [4.78, 5) is 7.20. The molecule has 0 spiro atoms. The van der Waals surface area contributed by atoms with Gasteiger partial charge in [0.2, 0.25) is 0 Å². The second-order valence-electron chi connectivity index (χ2n) is 7.39. The average molecular weight is 392 g/mol. The van der Waals surface area contributed by atoms with Crippen molar-refractivity contribution in [2.75, 3.05) is 40.0 Å². The summed E-state index contributed by atoms with van der Waals surface area (Å²) in [5, 5.41) is 3.43. The molecule has 28 heavy (non-hydrogen) atoms. The van der Waals surface area contributed by atoms with Crippen LogP contribution in [-0.2, 0) is 16.0 Å². The van der Waals surface area contributed by atoms with Gasteiger partial charge in [0.05, 0.1) is 18.8 Å². The van der Waals surface area contributed by atoms with Crippen LogP contribution in [-0.4, -0.2) is 63.0 Å². The van der Waals surface area contributed by atoms with Crippen molar-refractivity contribution in [1.82, 2.24) is 10.2 Å². The van der Waals surface area contributed by atoms with Crippen LogP contribution in [0.3, 0.4) is 0 Å². The molecule has 0 aliphatic carbocycles. The van der Waals surface area contributed by atoms with E-state index < -0.39 is 0 Å². The number of hydrogen-bond donors (Lipinski definition) is 1. The Bertz CT molecular complexity index is 584. The fourth-order valence-electron chi connectivity index (χ4n) is 3.27. The fraction of sp³-hybridized carbons (Fsp3) is 0.682. The van der Waals surface area contributed by atoms with Gasteiger partial charge in [0.15, 0.2) is 5.96 Å². The first-order valence-electron chi connectivity index (χ1n) is 10.5. The first-order chi connectivity index (χ1) is 13.6. The van der Waals surface area contributed by atoms with Crippen LogP contribution < -0.4 is 10.1 Å². The molecule has 1 aliphatic rings. The third kappa shape index (κ3) is 8.07. The second kappa shape index (κ2) is 12.6. The number of guanidine groups is 1. The van der Waals surface area contributed by atoms with E-state index in [2.05, 4.69) is 29.3 Å². The molecule has 0 aromatic heterocycles. The van der Waals surface area contributed by atoms with Crippen LogP contribution in [0.4, 0.5) is 0 Å². The Morgan fingerprint density at radius 1 is 1.25 bits per heavy atom. The molecule has 6 nitrogen and oxygen atoms in total. The number of hydrogen-bond acceptors (Lipinski definition) is 4. The Kier molecular flexibility index (Phi) is 10.1. The zero-order chi connectivity index (χ0) is 20.2. The maximum absolute atomic E-state index is 5.97. The number of benzene rings is 1. The average Bonchev–Trinajstić information content (AvgIpc) is 2.69. The molecular formula is C22H37N3O3. The van der Waals surface area contributed by atoms with Crippen LogP contribution in [0.15, 0.2) is 29.3 Å². The summed E-state index contributed by atoms with van der Waals surface area (Å²) in [6.45, 7) is 11.2. The summed E-state index contributed by atoms with van der Waals surface area (Å²) in [5.41, 5.74) is 1.16. The van der Waals surface area contributed by atoms with Gasteiger partial charge in [0, 0.05) is 40.0 Å². The number of nitrogens with zero attached hydrogens (tertiary/aromatic N) is 2. The van der Waals surface area contributed by atoms with E-state index in [0.717, 1.165) is 69.4 Å². The highest BCUT2D eigenvalue weighted by molar-refractivity contribution is 5.80. The largest absolute Gasteiger partial charge is 0.491 e. The number of likely N-dealkylation sites (tertiary alicyclic amines) is 1. The highest BCUT2D eigenvalue weighted by atomic mass is 16.5. The molecule has 1 N–H and O–H groups in total. The molecule has 1 saturated heterocycles. The molecule has 1 aromatic carbocycles. The number of methoxy groups -OCH3 is 1. The lowest BCUT2D eigenvalue weighted by Crippen LogP contribution is -2.47. The van der Waals surface area contributed by atoms with E-state index in [1.165, 1.54) is 0 Å². The summed E-state index contributed by atoms with van der Waals surface area (Å²) >= 11 is 0. The summed E-state index contributed by atoms with van der Waals surface area (Å²) < 4.78 is 16.8. The third-order valence-electron chi connectivity index (χ3n) is 4.60. The molecule has 158 valence electrons. The summed E-state index contributed by atoms with van der Waals surface area (Å²) in [7, 11) is 1.73. The second-order valence-corrected chi connectivity index (χ2v) is 7.39. The van der Waals surface area contributed by atoms with Gasteiger partial charge in [-0.1, -0.05) is 12.1 Å². The van der Waals surface area contributed by atoms with E-state index in [9.17, 15) is 0 Å². The Balaban J connectivity index is 1.87. The molecule has 1 aromatic rings. The molecule has 1 aliphatic heterocycles. The quantitative estimate of drug-likeness (QED) is 0.376. The van der Waals surface area contributed by atoms with Gasteiger partial charge in [0.25, 0.3) is 0 Å². The summed E-state index contributed by atoms with van der Waals surface area (Å²) in [6, 6.07) is 8.20. The minimum atomic E-state index is 0.175. The van der Waals surface area contributed by atoms with E-state index in [-0.39, 0.29) is 6.10 Å². The van der Waals surface area contributed by atoms with Gasteiger partial charge in [-0.05, 0) is 57.7 Å². The Labute approximate surface area is 170 Å². The number of nitrogens with one attached hydrogen (secondary N) is 1. The topological polar surface area (TPSA) is 55.3 Å². The highest BCUT2D eigenvalue weighted by Gasteiger charge is 2.21. The van der Waals surface area contributed by atoms with E-state index in [1.54, 1.807) is 7.11 Å². The minimum absolute atomic E-state index is 0.175. The van der Waals surface area contributed by atoms with Gasteiger partial charge in [-0.3, -0.25) is 0 Å². The van der Waals surface area contributed by atoms with Crippen LogP contribution in [0.5, 0.6) is 5.75 Å². The first kappa shape index (κ1) is 22.5. The highest BCUT2D eigenvalue weighted by Crippen LogP contribution is 2.17. The van der Waals surface area contributed by atoms with Crippen molar-refractivity contribution in [3.05, 3.63) is 29.8 Å². The SMILES string of the molecule is CCNC(=NCc1cccc(OC(C)C)c1)N1CCC(OCCCOC)CC1. The van der Waals surface area contributed by atoms with Crippen molar-refractivity contribution in [2.45, 2.75) is 58.8 Å². The third-order valence-corrected chi connectivity index (χ3v) is 4.60. The minimum Gasteiger partial charge on any atom is -0.491 e. The Morgan fingerprint density at radius 3 is 2.71 bits per heavy atom. The van der Waals surface area contributed by atoms with E-state index in [0.29, 0.717) is 12.6 Å². The molecule has 1 heterocycles. The lowest BCUT2D eigenvalue weighted by molar-refractivity contribution is 0.00990. The Hall–Kier alpha value is -1.79. The molecule has 0 radical (unpaired) electrons. The van der Waals surface area contributed by atoms with Gasteiger partial charge in [0.1, 0.15) is 5.75 Å². The molecule has 0 saturated carbocycles. The van der Waals surface area contributed by atoms with Crippen molar-refractivity contribution in [3.63, 3.8) is 0 Å². The predicted octanol–water partition coefficient (Wildman–Crippen LogP) is 3.46. The van der Waals surface area contributed by atoms with Crippen LogP contribution >= 0.6 is 0 Å². The number of aliphatic imine (C=N–C) groups is 1. The van der Waals surface area contributed by atoms with Gasteiger partial charge >= 0.3 is 0 Å². The maximum Gasteiger partial charge on any atom is 0.194 e. The standard InChI is InChI=1S/C22H37N3O3/c1-5-23-22(24-17-19-8-6-9-21(16-19)28-18(2)3)25-12-10-20(11-13-25)27-15-7-14-26-4/h6,8-9,16,18,20H,5,7,10-15,17H2,1-4H3,(H,23,24). The van der Waals surface area contributed by atoms with Crippen molar-refractivity contribution in [3.8, 4) is 5.75 Å². The van der Waals surface area contributed by atoms with Crippen molar-refractivity contribution < 1.29 is 14.2 Å². The van der Waals surface area contributed by atoms with E-state index >= 15 is 0 Å². The molecule has 0 bridgehead atoms. The van der Waals surface area contributed by atoms with Crippen LogP contribution in [0.25, 0.3) is 0 Å². The molecule has 0 unspecified atom stereocenters. The summed E-state index contributed by atoms with van der Waals surface area (Å²) in [5.74, 6) is 1.88. The lowest BCUT2D eigenvalue weighted by atomic mass is 10.1. The lowest BCUT2D eigenvalue weighted by Gasteiger charge is -2.34. The molecular weight excluding hydrogens is 354 g/mol. The zero-order valence-electron chi connectivity index (χ0n) is 17.9. The van der Waals surface area contributed by atoms with E-state index in [1.807, 2.05) is 26.0 Å². The molecule has 0 atom stereocenters. The first-order valence-corrected chi connectivity index (χ1v) is 10.5. The monoisotopic (exact) mass is 391 g/mol. The zero-order valence-corrected chi connectivity index (χ0v) is 17.9. The van der Waals surface area contributed by atoms with Crippen molar-refractivity contribution >= 4 is 5.96 Å². The van der Waals surface area contributed by atoms with Gasteiger partial charge < -0.3 is 24.4 Å². The number of piperidine rings is 1. The smallest absolute Gasteiger partial charge is 0.194 e. The molecule has 0 amide bonds. The molecule has 2 rings (SSSR count). The van der Waals surface area contributed by atoms with Crippen molar-refractivity contribution in [2.24, 2.45) is 4.99 Å². The molecule has 6 heteroatoms. The summed E-state index contributed by atoms with van der Waals surface area (Å²) in [6.07, 6.45) is 3.56. The van der Waals surface area contributed by atoms with Crippen LogP contribution in [0.2, 0.25) is 0 Å². The van der Waals surface area contributed by atoms with Crippen LogP contribution in [0.1, 0.15) is 45.6 Å². The van der Waals surface area contributed by atoms with Gasteiger partial charge in [-0.25, -0.2) is 4.99 Å². The maximum atomic E-state index is 5.97. The van der Waals surface area contributed by atoms with Crippen molar-refractivity contribution in [1.29, 1.82) is 0 Å². The molecule has 1 fully saturated rings. The van der Waals surface area contributed by atoms with Gasteiger partial charge in [-0.2, -0.15) is 0 Å². The van der Waals surface area contributed by atoms with E-state index in [4.69, 9.17) is 19.2 Å². The van der Waals surface area contributed by atoms with Gasteiger partial charge in [-0.15, -0.1) is 0 Å². The van der Waals surface area contributed by atoms with Crippen LogP contribution in [0, 0.1) is 0 Å². The normalized spacial score (nSPS) is 15.9. The predicted molar refractivity (Wildman–Crippen MR) is 114 cm³/mol. The fourth-order valence-corrected chi connectivity index (χ4v) is 3.27. The number of ether oxygens (including phenoxy) is 3.